The van der Waals surface area contributed by atoms with E-state index >= 15 is 0 Å². The van der Waals surface area contributed by atoms with Crippen LogP contribution in [0.25, 0.3) is 33.3 Å². The normalized spacial score (nSPS) is 11.2. The number of para-hydroxylation sites is 2. The smallest absolute Gasteiger partial charge is 0.220 e. The number of imidazole rings is 1. The summed E-state index contributed by atoms with van der Waals surface area (Å²) >= 11 is 0. The van der Waals surface area contributed by atoms with Gasteiger partial charge in [-0.05, 0) is 47.9 Å². The zero-order valence-corrected chi connectivity index (χ0v) is 16.4. The average molecular weight is 395 g/mol. The van der Waals surface area contributed by atoms with E-state index in [1.165, 1.54) is 0 Å². The van der Waals surface area contributed by atoms with E-state index < -0.39 is 0 Å². The minimum atomic E-state index is 0.0384. The Kier molecular flexibility index (Phi) is 4.73. The van der Waals surface area contributed by atoms with Gasteiger partial charge in [0.15, 0.2) is 0 Å². The molecule has 0 aliphatic carbocycles. The Hall–Kier alpha value is -3.93. The first-order valence-electron chi connectivity index (χ1n) is 9.97. The van der Waals surface area contributed by atoms with Gasteiger partial charge >= 0.3 is 0 Å². The second-order valence-electron chi connectivity index (χ2n) is 7.37. The van der Waals surface area contributed by atoms with Crippen molar-refractivity contribution in [3.63, 3.8) is 0 Å². The van der Waals surface area contributed by atoms with Crippen LogP contribution in [0, 0.1) is 0 Å². The Balaban J connectivity index is 1.20. The number of carbonyl (C=O) groups is 1. The number of benzene rings is 3. The van der Waals surface area contributed by atoms with Gasteiger partial charge in [-0.25, -0.2) is 4.98 Å². The van der Waals surface area contributed by atoms with Gasteiger partial charge in [0, 0.05) is 23.9 Å². The second-order valence-corrected chi connectivity index (χ2v) is 7.37. The molecule has 5 aromatic rings. The molecule has 3 N–H and O–H groups in total. The standard InChI is InChI=1S/C24H21N5O/c30-23(25-14-17-8-10-20-19(13-17)15-26-29-20)11-9-16-4-3-5-18(12-16)24-27-21-6-1-2-7-22(21)28-24/h1-8,10,12-13,15H,9,11,14H2,(H,25,30)(H,26,29)(H,27,28). The molecule has 3 aromatic carbocycles. The maximum Gasteiger partial charge on any atom is 0.220 e. The number of carbonyl (C=O) groups excluding carboxylic acids is 1. The van der Waals surface area contributed by atoms with Crippen LogP contribution in [-0.2, 0) is 17.8 Å². The number of amides is 1. The number of hydrogen-bond donors (Lipinski definition) is 3. The molecule has 148 valence electrons. The van der Waals surface area contributed by atoms with Crippen LogP contribution in [0.2, 0.25) is 0 Å². The lowest BCUT2D eigenvalue weighted by molar-refractivity contribution is -0.121. The molecular weight excluding hydrogens is 374 g/mol. The number of aromatic nitrogens is 4. The maximum absolute atomic E-state index is 12.3. The summed E-state index contributed by atoms with van der Waals surface area (Å²) in [5.41, 5.74) is 6.16. The van der Waals surface area contributed by atoms with E-state index in [0.29, 0.717) is 19.4 Å². The fourth-order valence-corrected chi connectivity index (χ4v) is 3.61. The number of H-pyrrole nitrogens is 2. The molecule has 0 saturated heterocycles. The summed E-state index contributed by atoms with van der Waals surface area (Å²) < 4.78 is 0. The van der Waals surface area contributed by atoms with Crippen LogP contribution in [0.1, 0.15) is 17.5 Å². The van der Waals surface area contributed by atoms with Gasteiger partial charge in [-0.15, -0.1) is 0 Å². The van der Waals surface area contributed by atoms with Crippen molar-refractivity contribution in [2.75, 3.05) is 0 Å². The van der Waals surface area contributed by atoms with Crippen LogP contribution in [0.3, 0.4) is 0 Å². The summed E-state index contributed by atoms with van der Waals surface area (Å²) in [5.74, 6) is 0.883. The van der Waals surface area contributed by atoms with Gasteiger partial charge < -0.3 is 10.3 Å². The zero-order valence-electron chi connectivity index (χ0n) is 16.4. The van der Waals surface area contributed by atoms with Crippen molar-refractivity contribution in [2.45, 2.75) is 19.4 Å². The number of nitrogens with one attached hydrogen (secondary N) is 3. The van der Waals surface area contributed by atoms with E-state index in [9.17, 15) is 4.79 Å². The van der Waals surface area contributed by atoms with Crippen molar-refractivity contribution in [2.24, 2.45) is 0 Å². The van der Waals surface area contributed by atoms with Gasteiger partial charge in [-0.1, -0.05) is 36.4 Å². The first kappa shape index (κ1) is 18.1. The minimum absolute atomic E-state index is 0.0384. The molecule has 1 amide bonds. The van der Waals surface area contributed by atoms with Gasteiger partial charge in [0.05, 0.1) is 22.7 Å². The van der Waals surface area contributed by atoms with Crippen molar-refractivity contribution in [1.29, 1.82) is 0 Å². The Morgan fingerprint density at radius 3 is 2.80 bits per heavy atom. The number of rotatable bonds is 6. The van der Waals surface area contributed by atoms with Gasteiger partial charge in [-0.3, -0.25) is 9.89 Å². The number of nitrogens with zero attached hydrogens (tertiary/aromatic N) is 2. The van der Waals surface area contributed by atoms with Crippen molar-refractivity contribution < 1.29 is 4.79 Å². The highest BCUT2D eigenvalue weighted by Gasteiger charge is 2.07. The lowest BCUT2D eigenvalue weighted by Crippen LogP contribution is -2.22. The lowest BCUT2D eigenvalue weighted by atomic mass is 10.1. The predicted molar refractivity (Wildman–Crippen MR) is 118 cm³/mol. The van der Waals surface area contributed by atoms with Crippen LogP contribution < -0.4 is 5.32 Å². The van der Waals surface area contributed by atoms with E-state index in [0.717, 1.165) is 44.5 Å². The van der Waals surface area contributed by atoms with E-state index in [1.807, 2.05) is 60.7 Å². The Bertz CT molecular complexity index is 1300. The Morgan fingerprint density at radius 2 is 1.87 bits per heavy atom. The van der Waals surface area contributed by atoms with E-state index in [2.05, 4.69) is 31.5 Å². The molecule has 2 aromatic heterocycles. The van der Waals surface area contributed by atoms with Crippen molar-refractivity contribution in [3.8, 4) is 11.4 Å². The molecule has 6 nitrogen and oxygen atoms in total. The molecule has 0 fully saturated rings. The van der Waals surface area contributed by atoms with Crippen molar-refractivity contribution >= 4 is 27.8 Å². The van der Waals surface area contributed by atoms with E-state index in [-0.39, 0.29) is 5.91 Å². The molecule has 5 rings (SSSR count). The van der Waals surface area contributed by atoms with Crippen LogP contribution in [0.5, 0.6) is 0 Å². The second kappa shape index (κ2) is 7.83. The highest BCUT2D eigenvalue weighted by molar-refractivity contribution is 5.80. The molecular formula is C24H21N5O. The summed E-state index contributed by atoms with van der Waals surface area (Å²) in [7, 11) is 0. The predicted octanol–water partition coefficient (Wildman–Crippen LogP) is 4.36. The molecule has 0 saturated carbocycles. The van der Waals surface area contributed by atoms with Crippen LogP contribution in [-0.4, -0.2) is 26.1 Å². The first-order chi connectivity index (χ1) is 14.7. The Labute approximate surface area is 173 Å². The highest BCUT2D eigenvalue weighted by atomic mass is 16.1. The van der Waals surface area contributed by atoms with Crippen LogP contribution >= 0.6 is 0 Å². The summed E-state index contributed by atoms with van der Waals surface area (Å²) in [5, 5.41) is 11.0. The number of aromatic amines is 2. The first-order valence-corrected chi connectivity index (χ1v) is 9.97. The lowest BCUT2D eigenvalue weighted by Gasteiger charge is -2.07. The Morgan fingerprint density at radius 1 is 0.933 bits per heavy atom. The van der Waals surface area contributed by atoms with Crippen LogP contribution in [0.4, 0.5) is 0 Å². The maximum atomic E-state index is 12.3. The highest BCUT2D eigenvalue weighted by Crippen LogP contribution is 2.21. The van der Waals surface area contributed by atoms with E-state index in [4.69, 9.17) is 0 Å². The summed E-state index contributed by atoms with van der Waals surface area (Å²) in [6, 6.07) is 22.2. The molecule has 0 radical (unpaired) electrons. The molecule has 0 spiro atoms. The summed E-state index contributed by atoms with van der Waals surface area (Å²) in [6.07, 6.45) is 2.91. The zero-order chi connectivity index (χ0) is 20.3. The van der Waals surface area contributed by atoms with Crippen LogP contribution in [0.15, 0.2) is 72.9 Å². The van der Waals surface area contributed by atoms with Crippen molar-refractivity contribution in [3.05, 3.63) is 84.1 Å². The molecule has 0 unspecified atom stereocenters. The molecule has 0 atom stereocenters. The number of hydrogen-bond acceptors (Lipinski definition) is 3. The minimum Gasteiger partial charge on any atom is -0.352 e. The number of fused-ring (bicyclic) bond motifs is 2. The summed E-state index contributed by atoms with van der Waals surface area (Å²) in [6.45, 7) is 0.513. The van der Waals surface area contributed by atoms with Crippen molar-refractivity contribution in [1.82, 2.24) is 25.5 Å². The number of aryl methyl sites for hydroxylation is 1. The van der Waals surface area contributed by atoms with Gasteiger partial charge in [0.25, 0.3) is 0 Å². The van der Waals surface area contributed by atoms with Gasteiger partial charge in [0.2, 0.25) is 5.91 Å². The van der Waals surface area contributed by atoms with Gasteiger partial charge in [0.1, 0.15) is 5.82 Å². The monoisotopic (exact) mass is 395 g/mol. The topological polar surface area (TPSA) is 86.5 Å². The summed E-state index contributed by atoms with van der Waals surface area (Å²) in [4.78, 5) is 20.3. The van der Waals surface area contributed by atoms with E-state index in [1.54, 1.807) is 6.20 Å². The molecule has 2 heterocycles. The molecule has 30 heavy (non-hydrogen) atoms. The third kappa shape index (κ3) is 3.80. The average Bonchev–Trinajstić information content (AvgIpc) is 3.43. The SMILES string of the molecule is O=C(CCc1cccc(-c2nc3ccccc3[nH]2)c1)NCc1ccc2[nH]ncc2c1. The fraction of sp³-hybridized carbons (Fsp3) is 0.125. The van der Waals surface area contributed by atoms with Gasteiger partial charge in [-0.2, -0.15) is 5.10 Å². The quantitative estimate of drug-likeness (QED) is 0.399. The largest absolute Gasteiger partial charge is 0.352 e. The molecule has 0 aliphatic heterocycles. The fourth-order valence-electron chi connectivity index (χ4n) is 3.61. The molecule has 6 heteroatoms. The molecule has 0 bridgehead atoms. The molecule has 0 aliphatic rings. The third-order valence-electron chi connectivity index (χ3n) is 5.22. The third-order valence-corrected chi connectivity index (χ3v) is 5.22.